The second kappa shape index (κ2) is 4.09. The fraction of sp³-hybridized carbons (Fsp3) is 0.333. The second-order valence-electron chi connectivity index (χ2n) is 2.45. The quantitative estimate of drug-likeness (QED) is 0.554. The Morgan fingerprint density at radius 2 is 2.29 bits per heavy atom. The molecule has 4 N–H and O–H groups in total. The van der Waals surface area contributed by atoms with E-state index in [0.717, 1.165) is 11.8 Å². The maximum absolute atomic E-state index is 11.1. The molecule has 0 aromatic carbocycles. The van der Waals surface area contributed by atoms with Gasteiger partial charge in [0.2, 0.25) is 5.91 Å². The summed E-state index contributed by atoms with van der Waals surface area (Å²) in [6.07, 6.45) is -0.311. The highest BCUT2D eigenvalue weighted by Gasteiger charge is 2.32. The molecular formula is C6H7N3O4S. The van der Waals surface area contributed by atoms with Crippen molar-refractivity contribution in [2.24, 2.45) is 10.7 Å². The van der Waals surface area contributed by atoms with Gasteiger partial charge in [0.05, 0.1) is 6.42 Å². The summed E-state index contributed by atoms with van der Waals surface area (Å²) < 4.78 is 0. The summed E-state index contributed by atoms with van der Waals surface area (Å²) in [5, 5.41) is 9.99. The zero-order valence-electron chi connectivity index (χ0n) is 6.89. The van der Waals surface area contributed by atoms with Crippen LogP contribution in [-0.4, -0.2) is 33.4 Å². The van der Waals surface area contributed by atoms with Crippen LogP contribution in [0.25, 0.3) is 0 Å². The molecule has 7 nitrogen and oxygen atoms in total. The molecule has 1 unspecified atom stereocenters. The highest BCUT2D eigenvalue weighted by Crippen LogP contribution is 2.21. The van der Waals surface area contributed by atoms with Crippen LogP contribution >= 0.6 is 11.8 Å². The Labute approximate surface area is 82.7 Å². The van der Waals surface area contributed by atoms with Crippen molar-refractivity contribution in [3.05, 3.63) is 0 Å². The van der Waals surface area contributed by atoms with Crippen LogP contribution in [-0.2, 0) is 9.59 Å². The number of nitrogens with two attached hydrogens (primary N) is 1. The third-order valence-corrected chi connectivity index (χ3v) is 2.43. The zero-order chi connectivity index (χ0) is 10.7. The molecule has 76 valence electrons. The number of amides is 3. The number of primary amides is 1. The topological polar surface area (TPSA) is 122 Å². The fourth-order valence-corrected chi connectivity index (χ4v) is 1.81. The summed E-state index contributed by atoms with van der Waals surface area (Å²) in [5.74, 6) is -1.56. The Hall–Kier alpha value is -1.57. The molecule has 0 saturated carbocycles. The minimum Gasteiger partial charge on any atom is -0.481 e. The van der Waals surface area contributed by atoms with Gasteiger partial charge in [0, 0.05) is 0 Å². The number of amidine groups is 1. The van der Waals surface area contributed by atoms with Gasteiger partial charge in [-0.2, -0.15) is 4.99 Å². The molecule has 1 atom stereocenters. The summed E-state index contributed by atoms with van der Waals surface area (Å²) in [4.78, 5) is 35.0. The Morgan fingerprint density at radius 1 is 1.64 bits per heavy atom. The maximum Gasteiger partial charge on any atom is 0.340 e. The number of thioether (sulfide) groups is 1. The van der Waals surface area contributed by atoms with Crippen LogP contribution in [0.5, 0.6) is 0 Å². The van der Waals surface area contributed by atoms with Gasteiger partial charge in [-0.25, -0.2) is 4.79 Å². The first kappa shape index (κ1) is 10.5. The van der Waals surface area contributed by atoms with Gasteiger partial charge < -0.3 is 16.2 Å². The number of aliphatic imine (C=N–C) groups is 1. The van der Waals surface area contributed by atoms with Gasteiger partial charge in [-0.05, 0) is 0 Å². The Morgan fingerprint density at radius 3 is 2.79 bits per heavy atom. The molecule has 14 heavy (non-hydrogen) atoms. The number of carbonyl (C=O) groups is 3. The van der Waals surface area contributed by atoms with E-state index in [0.29, 0.717) is 0 Å². The summed E-state index contributed by atoms with van der Waals surface area (Å²) in [7, 11) is 0. The molecule has 8 heteroatoms. The molecule has 1 aliphatic heterocycles. The van der Waals surface area contributed by atoms with Crippen LogP contribution in [0.15, 0.2) is 4.99 Å². The Balaban J connectivity index is 2.64. The van der Waals surface area contributed by atoms with Gasteiger partial charge in [0.15, 0.2) is 5.17 Å². The zero-order valence-corrected chi connectivity index (χ0v) is 7.71. The number of nitrogens with one attached hydrogen (secondary N) is 1. The molecule has 0 spiro atoms. The predicted octanol–water partition coefficient (Wildman–Crippen LogP) is -0.873. The first-order chi connectivity index (χ1) is 6.49. The number of carboxylic acids is 1. The van der Waals surface area contributed by atoms with E-state index in [-0.39, 0.29) is 11.6 Å². The molecule has 0 aromatic heterocycles. The van der Waals surface area contributed by atoms with Crippen molar-refractivity contribution in [3.8, 4) is 0 Å². The van der Waals surface area contributed by atoms with Crippen molar-refractivity contribution in [1.29, 1.82) is 0 Å². The monoisotopic (exact) mass is 217 g/mol. The summed E-state index contributed by atoms with van der Waals surface area (Å²) in [6.45, 7) is 0. The molecule has 0 aliphatic carbocycles. The van der Waals surface area contributed by atoms with E-state index in [1.54, 1.807) is 0 Å². The third kappa shape index (κ3) is 2.73. The average molecular weight is 217 g/mol. The number of nitrogens with zero attached hydrogens (tertiary/aromatic N) is 1. The van der Waals surface area contributed by atoms with E-state index >= 15 is 0 Å². The number of urea groups is 1. The molecule has 1 heterocycles. The smallest absolute Gasteiger partial charge is 0.340 e. The van der Waals surface area contributed by atoms with Crippen LogP contribution in [0, 0.1) is 0 Å². The third-order valence-electron chi connectivity index (χ3n) is 1.35. The van der Waals surface area contributed by atoms with Crippen molar-refractivity contribution in [1.82, 2.24) is 5.32 Å². The van der Waals surface area contributed by atoms with Gasteiger partial charge in [0.1, 0.15) is 5.25 Å². The van der Waals surface area contributed by atoms with E-state index in [1.165, 1.54) is 0 Å². The Bertz CT molecular complexity index is 327. The molecule has 1 fully saturated rings. The maximum atomic E-state index is 11.1. The number of rotatable bonds is 2. The van der Waals surface area contributed by atoms with Crippen molar-refractivity contribution in [2.75, 3.05) is 0 Å². The lowest BCUT2D eigenvalue weighted by molar-refractivity contribution is -0.138. The van der Waals surface area contributed by atoms with Crippen LogP contribution in [0.2, 0.25) is 0 Å². The number of carbonyl (C=O) groups excluding carboxylic acids is 2. The number of carboxylic acid groups (broad SMARTS) is 1. The van der Waals surface area contributed by atoms with Crippen molar-refractivity contribution in [3.63, 3.8) is 0 Å². The fourth-order valence-electron chi connectivity index (χ4n) is 0.851. The predicted molar refractivity (Wildman–Crippen MR) is 48.8 cm³/mol. The van der Waals surface area contributed by atoms with Gasteiger partial charge in [-0.3, -0.25) is 9.59 Å². The molecule has 1 aliphatic rings. The van der Waals surface area contributed by atoms with Gasteiger partial charge in [0.25, 0.3) is 0 Å². The van der Waals surface area contributed by atoms with Gasteiger partial charge in [-0.1, -0.05) is 11.8 Å². The van der Waals surface area contributed by atoms with E-state index in [2.05, 4.69) is 10.3 Å². The summed E-state index contributed by atoms with van der Waals surface area (Å²) in [5.41, 5.74) is 4.76. The molecule has 0 bridgehead atoms. The minimum absolute atomic E-state index is 0.0498. The lowest BCUT2D eigenvalue weighted by atomic mass is 10.3. The SMILES string of the molecule is NC(=O)/N=C1/NC(=O)C(CC(=O)O)S1. The van der Waals surface area contributed by atoms with Crippen LogP contribution in [0.4, 0.5) is 4.79 Å². The van der Waals surface area contributed by atoms with Gasteiger partial charge in [-0.15, -0.1) is 0 Å². The van der Waals surface area contributed by atoms with Crippen LogP contribution in [0.3, 0.4) is 0 Å². The standard InChI is InChI=1S/C6H7N3O4S/c7-5(13)9-6-8-4(12)2(14-6)1-3(10)11/h2H,1H2,(H,10,11)(H3,7,8,9,12,13). The number of hydrogen-bond donors (Lipinski definition) is 3. The lowest BCUT2D eigenvalue weighted by Crippen LogP contribution is -2.27. The highest BCUT2D eigenvalue weighted by molar-refractivity contribution is 8.15. The van der Waals surface area contributed by atoms with Gasteiger partial charge >= 0.3 is 12.0 Å². The van der Waals surface area contributed by atoms with Crippen molar-refractivity contribution < 1.29 is 19.5 Å². The van der Waals surface area contributed by atoms with E-state index in [1.807, 2.05) is 0 Å². The molecule has 3 amide bonds. The van der Waals surface area contributed by atoms with E-state index < -0.39 is 23.2 Å². The van der Waals surface area contributed by atoms with Crippen LogP contribution in [0.1, 0.15) is 6.42 Å². The first-order valence-electron chi connectivity index (χ1n) is 3.56. The average Bonchev–Trinajstić information content (AvgIpc) is 2.28. The van der Waals surface area contributed by atoms with E-state index in [4.69, 9.17) is 10.8 Å². The molecule has 1 saturated heterocycles. The van der Waals surface area contributed by atoms with E-state index in [9.17, 15) is 14.4 Å². The summed E-state index contributed by atoms with van der Waals surface area (Å²) in [6, 6.07) is -0.927. The second-order valence-corrected chi connectivity index (χ2v) is 3.64. The van der Waals surface area contributed by atoms with Crippen molar-refractivity contribution in [2.45, 2.75) is 11.7 Å². The summed E-state index contributed by atoms with van der Waals surface area (Å²) >= 11 is 0.883. The normalized spacial score (nSPS) is 23.6. The highest BCUT2D eigenvalue weighted by atomic mass is 32.2. The van der Waals surface area contributed by atoms with Crippen LogP contribution < -0.4 is 11.1 Å². The lowest BCUT2D eigenvalue weighted by Gasteiger charge is -1.97. The minimum atomic E-state index is -1.09. The number of hydrogen-bond acceptors (Lipinski definition) is 4. The molecule has 0 radical (unpaired) electrons. The molecule has 0 aromatic rings. The Kier molecular flexibility index (Phi) is 3.07. The largest absolute Gasteiger partial charge is 0.481 e. The van der Waals surface area contributed by atoms with Crippen molar-refractivity contribution >= 4 is 34.8 Å². The first-order valence-corrected chi connectivity index (χ1v) is 4.44. The molecular weight excluding hydrogens is 210 g/mol. The molecule has 1 rings (SSSR count). The number of aliphatic carboxylic acids is 1.